The number of aliphatic hydroxyl groups is 1. The highest BCUT2D eigenvalue weighted by atomic mass is 35.6. The van der Waals surface area contributed by atoms with Crippen LogP contribution in [-0.2, 0) is 62.5 Å². The predicted octanol–water partition coefficient (Wildman–Crippen LogP) is 9.25. The van der Waals surface area contributed by atoms with E-state index in [2.05, 4.69) is 5.32 Å². The van der Waals surface area contributed by atoms with Gasteiger partial charge in [-0.15, -0.1) is 0 Å². The number of aryl methyl sites for hydroxylation is 1. The molecular formula is C50H52Cl3NO11S. The molecule has 350 valence electrons. The van der Waals surface area contributed by atoms with Crippen LogP contribution >= 0.6 is 46.6 Å². The average molecular weight is 981 g/mol. The van der Waals surface area contributed by atoms with Crippen molar-refractivity contribution in [3.63, 3.8) is 0 Å². The van der Waals surface area contributed by atoms with Gasteiger partial charge in [-0.25, -0.2) is 4.79 Å². The summed E-state index contributed by atoms with van der Waals surface area (Å²) in [4.78, 5) is 14.6. The van der Waals surface area contributed by atoms with Crippen LogP contribution in [0, 0.1) is 6.92 Å². The molecule has 3 heterocycles. The van der Waals surface area contributed by atoms with E-state index in [0.29, 0.717) is 0 Å². The van der Waals surface area contributed by atoms with Gasteiger partial charge in [-0.05, 0) is 35.7 Å². The fraction of sp³-hybridized carbons (Fsp3) is 0.380. The van der Waals surface area contributed by atoms with Crippen LogP contribution in [0.4, 0.5) is 4.79 Å². The molecule has 0 radical (unpaired) electrons. The number of hydrogen-bond acceptors (Lipinski definition) is 12. The highest BCUT2D eigenvalue weighted by molar-refractivity contribution is 7.99. The Hall–Kier alpha value is -3.77. The zero-order chi connectivity index (χ0) is 45.9. The molecule has 0 aromatic heterocycles. The van der Waals surface area contributed by atoms with Gasteiger partial charge in [0.25, 0.3) is 0 Å². The van der Waals surface area contributed by atoms with E-state index in [1.54, 1.807) is 0 Å². The molecule has 0 saturated carbocycles. The van der Waals surface area contributed by atoms with Gasteiger partial charge in [0.05, 0.1) is 39.1 Å². The maximum Gasteiger partial charge on any atom is 0.407 e. The Morgan fingerprint density at radius 3 is 1.91 bits per heavy atom. The minimum atomic E-state index is -1.88. The number of nitrogens with one attached hydrogen (secondary N) is 1. The highest BCUT2D eigenvalue weighted by Gasteiger charge is 2.55. The van der Waals surface area contributed by atoms with E-state index in [4.69, 9.17) is 77.4 Å². The summed E-state index contributed by atoms with van der Waals surface area (Å²) in [6.07, 6.45) is -9.89. The molecule has 0 bridgehead atoms. The molecule has 3 aliphatic rings. The summed E-state index contributed by atoms with van der Waals surface area (Å²) in [6.45, 7) is 2.25. The molecule has 0 unspecified atom stereocenters. The van der Waals surface area contributed by atoms with E-state index in [-0.39, 0.29) is 33.0 Å². The van der Waals surface area contributed by atoms with Crippen molar-refractivity contribution in [1.82, 2.24) is 5.32 Å². The van der Waals surface area contributed by atoms with Crippen LogP contribution in [0.25, 0.3) is 0 Å². The summed E-state index contributed by atoms with van der Waals surface area (Å²) >= 11 is 19.4. The number of amides is 1. The van der Waals surface area contributed by atoms with E-state index in [9.17, 15) is 9.90 Å². The Morgan fingerprint density at radius 1 is 0.727 bits per heavy atom. The van der Waals surface area contributed by atoms with Gasteiger partial charge in [0.1, 0.15) is 54.8 Å². The largest absolute Gasteiger partial charge is 0.445 e. The summed E-state index contributed by atoms with van der Waals surface area (Å²) in [5.74, 6) is 0. The maximum atomic E-state index is 13.7. The molecule has 0 spiro atoms. The van der Waals surface area contributed by atoms with Crippen LogP contribution in [0.2, 0.25) is 0 Å². The molecule has 8 rings (SSSR count). The van der Waals surface area contributed by atoms with Gasteiger partial charge >= 0.3 is 6.09 Å². The minimum absolute atomic E-state index is 0.0450. The molecule has 3 aliphatic heterocycles. The fourth-order valence-corrected chi connectivity index (χ4v) is 9.22. The number of alkyl carbamates (subject to hydrolysis) is 1. The number of rotatable bonds is 17. The Balaban J connectivity index is 1.15. The molecule has 16 heteroatoms. The first-order valence-electron chi connectivity index (χ1n) is 21.7. The quantitative estimate of drug-likeness (QED) is 0.0862. The second-order valence-corrected chi connectivity index (χ2v) is 19.9. The van der Waals surface area contributed by atoms with Crippen molar-refractivity contribution >= 4 is 52.7 Å². The van der Waals surface area contributed by atoms with Gasteiger partial charge in [-0.3, -0.25) is 0 Å². The predicted molar refractivity (Wildman–Crippen MR) is 250 cm³/mol. The smallest absolute Gasteiger partial charge is 0.407 e. The molecule has 2 N–H and O–H groups in total. The summed E-state index contributed by atoms with van der Waals surface area (Å²) in [6, 6.07) is 45.5. The monoisotopic (exact) mass is 979 g/mol. The summed E-state index contributed by atoms with van der Waals surface area (Å²) < 4.78 is 56.7. The molecule has 1 amide bonds. The lowest BCUT2D eigenvalue weighted by molar-refractivity contribution is -0.362. The van der Waals surface area contributed by atoms with Crippen LogP contribution < -0.4 is 5.32 Å². The van der Waals surface area contributed by atoms with Gasteiger partial charge in [-0.1, -0.05) is 186 Å². The fourth-order valence-electron chi connectivity index (χ4n) is 7.93. The van der Waals surface area contributed by atoms with Gasteiger partial charge in [0.15, 0.2) is 12.6 Å². The number of hydrogen-bond donors (Lipinski definition) is 2. The molecule has 66 heavy (non-hydrogen) atoms. The lowest BCUT2D eigenvalue weighted by Gasteiger charge is -2.51. The number of fused-ring (bicyclic) bond motifs is 1. The third-order valence-electron chi connectivity index (χ3n) is 11.2. The van der Waals surface area contributed by atoms with Crippen LogP contribution in [0.1, 0.15) is 34.1 Å². The lowest BCUT2D eigenvalue weighted by Crippen LogP contribution is -2.69. The standard InChI is InChI=1S/C50H52Cl3NO11S/c1-32-22-24-37(25-23-32)66-48-40(54-49(56)61-31-50(51,52)53)44(43-39(63-48)30-60-46(64-43)36-20-12-5-13-21-36)65-47-41(55)45(59-28-35-18-10-4-11-19-35)42(58-27-34-16-8-3-9-17-34)38(62-47)29-57-26-33-14-6-2-7-15-33/h2-25,38-48,55H,26-31H2,1H3,(H,54,56)/t38-,39-,40-,41-,42+,43+,44-,45-,46+,47+,48+/m1/s1. The van der Waals surface area contributed by atoms with Crippen molar-refractivity contribution in [2.75, 3.05) is 19.8 Å². The van der Waals surface area contributed by atoms with Crippen LogP contribution in [-0.4, -0.2) is 95.3 Å². The summed E-state index contributed by atoms with van der Waals surface area (Å²) in [7, 11) is 0. The van der Waals surface area contributed by atoms with Crippen LogP contribution in [0.5, 0.6) is 0 Å². The molecule has 5 aromatic rings. The Bertz CT molecular complexity index is 2230. The molecule has 3 saturated heterocycles. The van der Waals surface area contributed by atoms with Crippen molar-refractivity contribution in [3.8, 4) is 0 Å². The van der Waals surface area contributed by atoms with Gasteiger partial charge < -0.3 is 53.1 Å². The average Bonchev–Trinajstić information content (AvgIpc) is 3.33. The number of ether oxygens (including phenoxy) is 9. The Morgan fingerprint density at radius 2 is 1.30 bits per heavy atom. The molecule has 12 nitrogen and oxygen atoms in total. The zero-order valence-electron chi connectivity index (χ0n) is 36.0. The van der Waals surface area contributed by atoms with E-state index in [0.717, 1.165) is 32.7 Å². The first-order valence-corrected chi connectivity index (χ1v) is 23.7. The third-order valence-corrected chi connectivity index (χ3v) is 12.7. The molecule has 0 aliphatic carbocycles. The Kier molecular flexibility index (Phi) is 17.3. The number of aliphatic hydroxyl groups excluding tert-OH is 1. The van der Waals surface area contributed by atoms with E-state index in [1.807, 2.05) is 153 Å². The van der Waals surface area contributed by atoms with Gasteiger partial charge in [0.2, 0.25) is 3.79 Å². The van der Waals surface area contributed by atoms with Crippen molar-refractivity contribution in [2.24, 2.45) is 0 Å². The van der Waals surface area contributed by atoms with Gasteiger partial charge in [-0.2, -0.15) is 0 Å². The number of carbonyl (C=O) groups is 1. The Labute approximate surface area is 404 Å². The van der Waals surface area contributed by atoms with Crippen molar-refractivity contribution in [3.05, 3.63) is 173 Å². The maximum absolute atomic E-state index is 13.7. The van der Waals surface area contributed by atoms with Crippen molar-refractivity contribution in [1.29, 1.82) is 0 Å². The number of alkyl halides is 3. The SMILES string of the molecule is Cc1ccc(S[C@@H]2O[C@@H]3CO[C@H](c4ccccc4)O[C@@H]3[C@H](O[C@@H]3O[C@H](COCc4ccccc4)[C@H](OCc4ccccc4)[C@H](OCc4ccccc4)[C@H]3O)[C@H]2NC(=O)OCC(Cl)(Cl)Cl)cc1. The van der Waals surface area contributed by atoms with E-state index in [1.165, 1.54) is 11.8 Å². The molecule has 11 atom stereocenters. The number of benzene rings is 5. The summed E-state index contributed by atoms with van der Waals surface area (Å²) in [5.41, 5.74) is 3.77. The first-order chi connectivity index (χ1) is 32.1. The number of carbonyl (C=O) groups excluding carboxylic acids is 1. The first kappa shape index (κ1) is 48.7. The second kappa shape index (κ2) is 23.5. The third kappa shape index (κ3) is 13.5. The zero-order valence-corrected chi connectivity index (χ0v) is 39.1. The molecular weight excluding hydrogens is 929 g/mol. The number of halogens is 3. The minimum Gasteiger partial charge on any atom is -0.445 e. The van der Waals surface area contributed by atoms with E-state index < -0.39 is 83.3 Å². The van der Waals surface area contributed by atoms with Crippen LogP contribution in [0.3, 0.4) is 0 Å². The summed E-state index contributed by atoms with van der Waals surface area (Å²) in [5, 5.41) is 15.5. The van der Waals surface area contributed by atoms with Gasteiger partial charge in [0, 0.05) is 10.5 Å². The molecule has 5 aromatic carbocycles. The van der Waals surface area contributed by atoms with E-state index >= 15 is 0 Å². The topological polar surface area (TPSA) is 132 Å². The molecule has 3 fully saturated rings. The number of thioether (sulfide) groups is 1. The normalized spacial score (nSPS) is 27.7. The van der Waals surface area contributed by atoms with Crippen LogP contribution in [0.15, 0.2) is 150 Å². The second-order valence-electron chi connectivity index (χ2n) is 16.2. The van der Waals surface area contributed by atoms with Crippen molar-refractivity contribution in [2.45, 2.75) is 102 Å². The lowest BCUT2D eigenvalue weighted by atomic mass is 9.95. The van der Waals surface area contributed by atoms with Crippen molar-refractivity contribution < 1.29 is 52.5 Å². The highest BCUT2D eigenvalue weighted by Crippen LogP contribution is 2.42.